The molecular weight excluding hydrogens is 352 g/mol. The molecule has 2 aromatic rings. The largest absolute Gasteiger partial charge is 0.481 e. The molecule has 0 radical (unpaired) electrons. The van der Waals surface area contributed by atoms with E-state index in [4.69, 9.17) is 5.11 Å². The molecule has 1 saturated carbocycles. The molecule has 0 atom stereocenters. The number of hydrogen-bond donors (Lipinski definition) is 2. The molecule has 1 heterocycles. The number of nitrogens with one attached hydrogen (secondary N) is 1. The third-order valence-electron chi connectivity index (χ3n) is 5.39. The zero-order valence-corrected chi connectivity index (χ0v) is 16.5. The van der Waals surface area contributed by atoms with Crippen LogP contribution in [-0.4, -0.2) is 28.0 Å². The molecule has 148 valence electrons. The summed E-state index contributed by atoms with van der Waals surface area (Å²) in [4.78, 5) is 27.6. The summed E-state index contributed by atoms with van der Waals surface area (Å²) in [7, 11) is 0. The Morgan fingerprint density at radius 3 is 2.36 bits per heavy atom. The first-order chi connectivity index (χ1) is 13.4. The monoisotopic (exact) mass is 380 g/mol. The van der Waals surface area contributed by atoms with Crippen molar-refractivity contribution < 1.29 is 14.7 Å². The van der Waals surface area contributed by atoms with Gasteiger partial charge in [-0.05, 0) is 69.1 Å². The van der Waals surface area contributed by atoms with Crippen molar-refractivity contribution in [3.8, 4) is 11.3 Å². The van der Waals surface area contributed by atoms with Crippen LogP contribution in [0.15, 0.2) is 42.5 Å². The Hall–Kier alpha value is -2.69. The number of pyridine rings is 1. The van der Waals surface area contributed by atoms with Gasteiger partial charge in [-0.2, -0.15) is 0 Å². The van der Waals surface area contributed by atoms with E-state index in [0.717, 1.165) is 36.9 Å². The van der Waals surface area contributed by atoms with Crippen LogP contribution in [-0.2, 0) is 4.79 Å². The zero-order valence-electron chi connectivity index (χ0n) is 16.5. The highest BCUT2D eigenvalue weighted by atomic mass is 16.4. The smallest absolute Gasteiger partial charge is 0.303 e. The lowest BCUT2D eigenvalue weighted by atomic mass is 9.77. The highest BCUT2D eigenvalue weighted by Gasteiger charge is 2.24. The zero-order chi connectivity index (χ0) is 20.1. The Kier molecular flexibility index (Phi) is 6.45. The third-order valence-corrected chi connectivity index (χ3v) is 5.39. The molecule has 3 rings (SSSR count). The number of rotatable bonds is 6. The number of nitrogens with zero attached hydrogens (tertiary/aromatic N) is 1. The van der Waals surface area contributed by atoms with Gasteiger partial charge in [-0.25, -0.2) is 4.98 Å². The summed E-state index contributed by atoms with van der Waals surface area (Å²) in [6.07, 6.45) is 4.33. The normalized spacial score (nSPS) is 19.4. The number of carboxylic acids is 1. The molecular formula is C23H28N2O3. The first-order valence-corrected chi connectivity index (χ1v) is 10.0. The molecule has 1 amide bonds. The Labute approximate surface area is 166 Å². The molecule has 2 N–H and O–H groups in total. The van der Waals surface area contributed by atoms with E-state index in [1.54, 1.807) is 6.07 Å². The van der Waals surface area contributed by atoms with Crippen LogP contribution >= 0.6 is 0 Å². The van der Waals surface area contributed by atoms with E-state index in [0.29, 0.717) is 17.5 Å². The molecule has 0 unspecified atom stereocenters. The van der Waals surface area contributed by atoms with Gasteiger partial charge in [-0.1, -0.05) is 30.3 Å². The molecule has 0 saturated heterocycles. The SMILES string of the molecule is CC(C)NC(=O)c1cccc(-c2ccc(C3CCC(CC(=O)O)CC3)cc2)n1. The van der Waals surface area contributed by atoms with Crippen LogP contribution in [0.2, 0.25) is 0 Å². The third kappa shape index (κ3) is 5.18. The Balaban J connectivity index is 1.67. The molecule has 28 heavy (non-hydrogen) atoms. The molecule has 1 aliphatic rings. The summed E-state index contributed by atoms with van der Waals surface area (Å²) >= 11 is 0. The van der Waals surface area contributed by atoms with Crippen LogP contribution in [0.5, 0.6) is 0 Å². The molecule has 0 aliphatic heterocycles. The topological polar surface area (TPSA) is 79.3 Å². The van der Waals surface area contributed by atoms with Crippen molar-refractivity contribution >= 4 is 11.9 Å². The maximum absolute atomic E-state index is 12.2. The second-order valence-corrected chi connectivity index (χ2v) is 7.97. The van der Waals surface area contributed by atoms with Crippen LogP contribution in [0.4, 0.5) is 0 Å². The second-order valence-electron chi connectivity index (χ2n) is 7.97. The Bertz CT molecular complexity index is 822. The van der Waals surface area contributed by atoms with Crippen molar-refractivity contribution in [2.24, 2.45) is 5.92 Å². The summed E-state index contributed by atoms with van der Waals surface area (Å²) in [5.74, 6) is -0.0386. The van der Waals surface area contributed by atoms with E-state index in [-0.39, 0.29) is 18.4 Å². The molecule has 1 aromatic heterocycles. The van der Waals surface area contributed by atoms with Crippen LogP contribution in [0, 0.1) is 5.92 Å². The number of benzene rings is 1. The first-order valence-electron chi connectivity index (χ1n) is 10.0. The Morgan fingerprint density at radius 2 is 1.75 bits per heavy atom. The molecule has 0 spiro atoms. The minimum absolute atomic E-state index is 0.0721. The van der Waals surface area contributed by atoms with Gasteiger partial charge in [-0.3, -0.25) is 9.59 Å². The van der Waals surface area contributed by atoms with Crippen molar-refractivity contribution in [1.29, 1.82) is 0 Å². The van der Waals surface area contributed by atoms with Gasteiger partial charge < -0.3 is 10.4 Å². The highest BCUT2D eigenvalue weighted by molar-refractivity contribution is 5.93. The van der Waals surface area contributed by atoms with Crippen molar-refractivity contribution in [3.63, 3.8) is 0 Å². The molecule has 1 aromatic carbocycles. The van der Waals surface area contributed by atoms with Crippen LogP contribution in [0.3, 0.4) is 0 Å². The number of hydrogen-bond acceptors (Lipinski definition) is 3. The summed E-state index contributed by atoms with van der Waals surface area (Å²) in [6.45, 7) is 3.85. The number of carboxylic acid groups (broad SMARTS) is 1. The van der Waals surface area contributed by atoms with Crippen LogP contribution < -0.4 is 5.32 Å². The summed E-state index contributed by atoms with van der Waals surface area (Å²) < 4.78 is 0. The lowest BCUT2D eigenvalue weighted by Crippen LogP contribution is -2.30. The van der Waals surface area contributed by atoms with Crippen LogP contribution in [0.25, 0.3) is 11.3 Å². The van der Waals surface area contributed by atoms with Gasteiger partial charge in [0, 0.05) is 18.0 Å². The van der Waals surface area contributed by atoms with Gasteiger partial charge >= 0.3 is 5.97 Å². The summed E-state index contributed by atoms with van der Waals surface area (Å²) in [6, 6.07) is 14.0. The molecule has 5 heteroatoms. The van der Waals surface area contributed by atoms with Crippen molar-refractivity contribution in [2.75, 3.05) is 0 Å². The highest BCUT2D eigenvalue weighted by Crippen LogP contribution is 2.37. The van der Waals surface area contributed by atoms with Crippen molar-refractivity contribution in [2.45, 2.75) is 57.9 Å². The fourth-order valence-electron chi connectivity index (χ4n) is 3.93. The average molecular weight is 380 g/mol. The van der Waals surface area contributed by atoms with E-state index in [1.807, 2.05) is 26.0 Å². The minimum Gasteiger partial charge on any atom is -0.481 e. The average Bonchev–Trinajstić information content (AvgIpc) is 2.68. The number of aromatic nitrogens is 1. The number of carbonyl (C=O) groups excluding carboxylic acids is 1. The molecule has 5 nitrogen and oxygen atoms in total. The van der Waals surface area contributed by atoms with Crippen LogP contribution in [0.1, 0.15) is 67.9 Å². The molecule has 0 bridgehead atoms. The van der Waals surface area contributed by atoms with Gasteiger partial charge in [0.15, 0.2) is 0 Å². The van der Waals surface area contributed by atoms with Crippen molar-refractivity contribution in [3.05, 3.63) is 53.7 Å². The van der Waals surface area contributed by atoms with E-state index < -0.39 is 5.97 Å². The predicted molar refractivity (Wildman–Crippen MR) is 109 cm³/mol. The van der Waals surface area contributed by atoms with Gasteiger partial charge in [0.05, 0.1) is 5.69 Å². The van der Waals surface area contributed by atoms with Crippen molar-refractivity contribution in [1.82, 2.24) is 10.3 Å². The molecule has 1 fully saturated rings. The maximum atomic E-state index is 12.2. The van der Waals surface area contributed by atoms with Gasteiger partial charge in [-0.15, -0.1) is 0 Å². The van der Waals surface area contributed by atoms with E-state index in [9.17, 15) is 9.59 Å². The number of carbonyl (C=O) groups is 2. The minimum atomic E-state index is -0.690. The van der Waals surface area contributed by atoms with Gasteiger partial charge in [0.2, 0.25) is 0 Å². The Morgan fingerprint density at radius 1 is 1.07 bits per heavy atom. The molecule has 1 aliphatic carbocycles. The first kappa shape index (κ1) is 20.1. The quantitative estimate of drug-likeness (QED) is 0.765. The number of amides is 1. The number of aliphatic carboxylic acids is 1. The second kappa shape index (κ2) is 9.00. The van der Waals surface area contributed by atoms with E-state index in [1.165, 1.54) is 5.56 Å². The summed E-state index contributed by atoms with van der Waals surface area (Å²) in [5.41, 5.74) is 3.49. The van der Waals surface area contributed by atoms with E-state index >= 15 is 0 Å². The predicted octanol–water partition coefficient (Wildman–Crippen LogP) is 4.64. The van der Waals surface area contributed by atoms with Gasteiger partial charge in [0.25, 0.3) is 5.91 Å². The van der Waals surface area contributed by atoms with E-state index in [2.05, 4.69) is 34.6 Å². The fourth-order valence-corrected chi connectivity index (χ4v) is 3.93. The lowest BCUT2D eigenvalue weighted by Gasteiger charge is -2.28. The fraction of sp³-hybridized carbons (Fsp3) is 0.435. The maximum Gasteiger partial charge on any atom is 0.303 e. The summed E-state index contributed by atoms with van der Waals surface area (Å²) in [5, 5.41) is 11.8. The standard InChI is InChI=1S/C23H28N2O3/c1-15(2)24-23(28)21-5-3-4-20(25-21)19-12-10-18(11-13-19)17-8-6-16(7-9-17)14-22(26)27/h3-5,10-13,15-17H,6-9,14H2,1-2H3,(H,24,28)(H,26,27). The van der Waals surface area contributed by atoms with Gasteiger partial charge in [0.1, 0.15) is 5.69 Å². The lowest BCUT2D eigenvalue weighted by molar-refractivity contribution is -0.138.